The predicted octanol–water partition coefficient (Wildman–Crippen LogP) is 4.39. The van der Waals surface area contributed by atoms with Crippen LogP contribution in [-0.2, 0) is 20.9 Å². The standard InChI is InChI=1S/C21H25ClN2O4/c1-21(2,3)28-20(26)24-18(14-27-13-15-9-5-4-6-10-15)19(25)23-17-12-8-7-11-16(17)22/h4-12,18H,13-14H2,1-3H3,(H,23,25)(H,24,26). The van der Waals surface area contributed by atoms with Gasteiger partial charge in [0.1, 0.15) is 11.6 Å². The third kappa shape index (κ3) is 7.58. The summed E-state index contributed by atoms with van der Waals surface area (Å²) in [5.74, 6) is -0.452. The largest absolute Gasteiger partial charge is 0.444 e. The van der Waals surface area contributed by atoms with Crippen LogP contribution >= 0.6 is 11.6 Å². The lowest BCUT2D eigenvalue weighted by molar-refractivity contribution is -0.119. The van der Waals surface area contributed by atoms with E-state index in [1.807, 2.05) is 30.3 Å². The number of benzene rings is 2. The van der Waals surface area contributed by atoms with Crippen LogP contribution in [0, 0.1) is 0 Å². The average molecular weight is 405 g/mol. The van der Waals surface area contributed by atoms with E-state index in [-0.39, 0.29) is 6.61 Å². The Balaban J connectivity index is 2.02. The number of para-hydroxylation sites is 1. The minimum atomic E-state index is -0.949. The molecule has 0 saturated heterocycles. The zero-order valence-electron chi connectivity index (χ0n) is 16.2. The molecule has 28 heavy (non-hydrogen) atoms. The van der Waals surface area contributed by atoms with Crippen LogP contribution in [0.1, 0.15) is 26.3 Å². The smallest absolute Gasteiger partial charge is 0.408 e. The summed E-state index contributed by atoms with van der Waals surface area (Å²) in [4.78, 5) is 24.8. The fourth-order valence-corrected chi connectivity index (χ4v) is 2.47. The number of halogens is 1. The van der Waals surface area contributed by atoms with E-state index in [2.05, 4.69) is 10.6 Å². The van der Waals surface area contributed by atoms with Crippen LogP contribution in [0.15, 0.2) is 54.6 Å². The minimum Gasteiger partial charge on any atom is -0.444 e. The van der Waals surface area contributed by atoms with Crippen LogP contribution in [0.3, 0.4) is 0 Å². The number of ether oxygens (including phenoxy) is 2. The first-order chi connectivity index (χ1) is 13.2. The van der Waals surface area contributed by atoms with Crippen molar-refractivity contribution in [2.45, 2.75) is 39.0 Å². The predicted molar refractivity (Wildman–Crippen MR) is 109 cm³/mol. The molecule has 1 unspecified atom stereocenters. The summed E-state index contributed by atoms with van der Waals surface area (Å²) in [7, 11) is 0. The summed E-state index contributed by atoms with van der Waals surface area (Å²) in [6, 6.07) is 15.5. The highest BCUT2D eigenvalue weighted by atomic mass is 35.5. The minimum absolute atomic E-state index is 0.0234. The normalized spacial score (nSPS) is 12.1. The van der Waals surface area contributed by atoms with E-state index in [0.717, 1.165) is 5.56 Å². The Labute approximate surface area is 170 Å². The van der Waals surface area contributed by atoms with Crippen molar-refractivity contribution in [1.82, 2.24) is 5.32 Å². The molecule has 2 aromatic rings. The fourth-order valence-electron chi connectivity index (χ4n) is 2.28. The van der Waals surface area contributed by atoms with Crippen molar-refractivity contribution in [1.29, 1.82) is 0 Å². The molecule has 0 aliphatic heterocycles. The number of amides is 2. The zero-order chi connectivity index (χ0) is 20.6. The molecule has 1 atom stereocenters. The lowest BCUT2D eigenvalue weighted by Crippen LogP contribution is -2.48. The van der Waals surface area contributed by atoms with E-state index in [4.69, 9.17) is 21.1 Å². The number of nitrogens with one attached hydrogen (secondary N) is 2. The molecule has 2 aromatic carbocycles. The van der Waals surface area contributed by atoms with Gasteiger partial charge in [0, 0.05) is 0 Å². The van der Waals surface area contributed by atoms with Crippen molar-refractivity contribution in [2.75, 3.05) is 11.9 Å². The number of hydrogen-bond donors (Lipinski definition) is 2. The van der Waals surface area contributed by atoms with Crippen molar-refractivity contribution in [3.63, 3.8) is 0 Å². The van der Waals surface area contributed by atoms with Crippen molar-refractivity contribution < 1.29 is 19.1 Å². The summed E-state index contributed by atoms with van der Waals surface area (Å²) in [5, 5.41) is 5.66. The highest BCUT2D eigenvalue weighted by Crippen LogP contribution is 2.20. The molecule has 0 spiro atoms. The van der Waals surface area contributed by atoms with E-state index in [1.54, 1.807) is 45.0 Å². The Morgan fingerprint density at radius 3 is 2.32 bits per heavy atom. The molecule has 0 fully saturated rings. The van der Waals surface area contributed by atoms with Gasteiger partial charge in [-0.25, -0.2) is 4.79 Å². The van der Waals surface area contributed by atoms with Gasteiger partial charge in [-0.05, 0) is 38.5 Å². The van der Waals surface area contributed by atoms with Gasteiger partial charge in [0.05, 0.1) is 23.9 Å². The van der Waals surface area contributed by atoms with Gasteiger partial charge in [0.15, 0.2) is 0 Å². The van der Waals surface area contributed by atoms with E-state index in [1.165, 1.54) is 0 Å². The molecule has 0 radical (unpaired) electrons. The van der Waals surface area contributed by atoms with Gasteiger partial charge in [0.2, 0.25) is 5.91 Å². The molecule has 2 N–H and O–H groups in total. The maximum absolute atomic E-state index is 12.7. The number of alkyl carbamates (subject to hydrolysis) is 1. The maximum atomic E-state index is 12.7. The molecule has 2 amide bonds. The molecule has 0 aromatic heterocycles. The van der Waals surface area contributed by atoms with Crippen LogP contribution in [0.5, 0.6) is 0 Å². The molecule has 0 heterocycles. The number of anilines is 1. The van der Waals surface area contributed by atoms with Gasteiger partial charge in [0.25, 0.3) is 0 Å². The first-order valence-corrected chi connectivity index (χ1v) is 9.29. The van der Waals surface area contributed by atoms with Crippen molar-refractivity contribution in [2.24, 2.45) is 0 Å². The lowest BCUT2D eigenvalue weighted by atomic mass is 10.2. The summed E-state index contributed by atoms with van der Waals surface area (Å²) < 4.78 is 10.9. The molecule has 6 nitrogen and oxygen atoms in total. The lowest BCUT2D eigenvalue weighted by Gasteiger charge is -2.23. The highest BCUT2D eigenvalue weighted by molar-refractivity contribution is 6.33. The molecule has 0 saturated carbocycles. The topological polar surface area (TPSA) is 76.7 Å². The van der Waals surface area contributed by atoms with Crippen LogP contribution in [0.25, 0.3) is 0 Å². The van der Waals surface area contributed by atoms with Crippen LogP contribution < -0.4 is 10.6 Å². The van der Waals surface area contributed by atoms with Gasteiger partial charge in [-0.2, -0.15) is 0 Å². The molecular formula is C21H25ClN2O4. The molecule has 0 aliphatic carbocycles. The number of carbonyl (C=O) groups is 2. The summed E-state index contributed by atoms with van der Waals surface area (Å²) in [6.07, 6.45) is -0.699. The Hall–Kier alpha value is -2.57. The second kappa shape index (κ2) is 10.1. The highest BCUT2D eigenvalue weighted by Gasteiger charge is 2.25. The van der Waals surface area contributed by atoms with Crippen molar-refractivity contribution in [3.05, 3.63) is 65.2 Å². The Morgan fingerprint density at radius 2 is 1.68 bits per heavy atom. The zero-order valence-corrected chi connectivity index (χ0v) is 17.0. The maximum Gasteiger partial charge on any atom is 0.408 e. The van der Waals surface area contributed by atoms with Gasteiger partial charge in [-0.1, -0.05) is 54.1 Å². The molecule has 2 rings (SSSR count). The number of hydrogen-bond acceptors (Lipinski definition) is 4. The van der Waals surface area contributed by atoms with Gasteiger partial charge in [-0.15, -0.1) is 0 Å². The number of rotatable bonds is 7. The second-order valence-electron chi connectivity index (χ2n) is 7.17. The van der Waals surface area contributed by atoms with E-state index < -0.39 is 23.6 Å². The average Bonchev–Trinajstić information content (AvgIpc) is 2.62. The Bertz CT molecular complexity index is 790. The first kappa shape index (κ1) is 21.7. The molecule has 150 valence electrons. The van der Waals surface area contributed by atoms with Crippen LogP contribution in [0.4, 0.5) is 10.5 Å². The molecule has 0 aliphatic rings. The molecular weight excluding hydrogens is 380 g/mol. The Kier molecular flexibility index (Phi) is 7.84. The third-order valence-electron chi connectivity index (χ3n) is 3.54. The third-order valence-corrected chi connectivity index (χ3v) is 3.86. The van der Waals surface area contributed by atoms with Crippen LogP contribution in [0.2, 0.25) is 5.02 Å². The SMILES string of the molecule is CC(C)(C)OC(=O)NC(COCc1ccccc1)C(=O)Nc1ccccc1Cl. The van der Waals surface area contributed by atoms with Crippen molar-refractivity contribution >= 4 is 29.3 Å². The summed E-state index contributed by atoms with van der Waals surface area (Å²) in [6.45, 7) is 5.53. The summed E-state index contributed by atoms with van der Waals surface area (Å²) >= 11 is 6.09. The number of carbonyl (C=O) groups excluding carboxylic acids is 2. The van der Waals surface area contributed by atoms with Crippen molar-refractivity contribution in [3.8, 4) is 0 Å². The van der Waals surface area contributed by atoms with E-state index >= 15 is 0 Å². The van der Waals surface area contributed by atoms with Gasteiger partial charge in [-0.3, -0.25) is 4.79 Å². The summed E-state index contributed by atoms with van der Waals surface area (Å²) in [5.41, 5.74) is 0.733. The van der Waals surface area contributed by atoms with E-state index in [0.29, 0.717) is 17.3 Å². The van der Waals surface area contributed by atoms with Gasteiger partial charge < -0.3 is 20.1 Å². The quantitative estimate of drug-likeness (QED) is 0.717. The van der Waals surface area contributed by atoms with Crippen LogP contribution in [-0.4, -0.2) is 30.3 Å². The monoisotopic (exact) mass is 404 g/mol. The second-order valence-corrected chi connectivity index (χ2v) is 7.58. The molecule has 0 bridgehead atoms. The van der Waals surface area contributed by atoms with E-state index in [9.17, 15) is 9.59 Å². The first-order valence-electron chi connectivity index (χ1n) is 8.91. The Morgan fingerprint density at radius 1 is 1.04 bits per heavy atom. The van der Waals surface area contributed by atoms with Gasteiger partial charge >= 0.3 is 6.09 Å². The molecule has 7 heteroatoms. The fraction of sp³-hybridized carbons (Fsp3) is 0.333.